The van der Waals surface area contributed by atoms with Crippen LogP contribution in [0.15, 0.2) is 59.1 Å². The third-order valence-corrected chi connectivity index (χ3v) is 7.03. The number of ether oxygens (including phenoxy) is 1. The van der Waals surface area contributed by atoms with Crippen LogP contribution in [0.4, 0.5) is 17.1 Å². The average molecular weight is 482 g/mol. The van der Waals surface area contributed by atoms with E-state index in [0.717, 1.165) is 36.1 Å². The summed E-state index contributed by atoms with van der Waals surface area (Å²) in [5.41, 5.74) is 5.36. The Balaban J connectivity index is 1.53. The summed E-state index contributed by atoms with van der Waals surface area (Å²) >= 11 is 0. The van der Waals surface area contributed by atoms with Gasteiger partial charge in [0.1, 0.15) is 5.52 Å². The van der Waals surface area contributed by atoms with Gasteiger partial charge in [0.25, 0.3) is 0 Å². The molecular weight excluding hydrogens is 454 g/mol. The highest BCUT2D eigenvalue weighted by Crippen LogP contribution is 2.46. The number of nitrogens with one attached hydrogen (secondary N) is 1. The van der Waals surface area contributed by atoms with Crippen molar-refractivity contribution in [1.82, 2.24) is 5.16 Å². The van der Waals surface area contributed by atoms with Crippen molar-refractivity contribution in [2.45, 2.75) is 26.7 Å². The quantitative estimate of drug-likeness (QED) is 0.299. The maximum absolute atomic E-state index is 13.8. The van der Waals surface area contributed by atoms with Gasteiger partial charge in [-0.05, 0) is 49.9 Å². The largest absolute Gasteiger partial charge is 0.462 e. The van der Waals surface area contributed by atoms with Gasteiger partial charge in [-0.3, -0.25) is 4.79 Å². The summed E-state index contributed by atoms with van der Waals surface area (Å²) in [6, 6.07) is 16.6. The highest BCUT2D eigenvalue weighted by Gasteiger charge is 2.34. The average Bonchev–Trinajstić information content (AvgIpc) is 3.33. The Morgan fingerprint density at radius 3 is 2.81 bits per heavy atom. The summed E-state index contributed by atoms with van der Waals surface area (Å²) in [5.74, 6) is 0.722. The Bertz CT molecular complexity index is 1510. The fourth-order valence-electron chi connectivity index (χ4n) is 5.38. The lowest BCUT2D eigenvalue weighted by Crippen LogP contribution is -2.34. The molecule has 0 saturated carbocycles. The maximum atomic E-state index is 13.8. The van der Waals surface area contributed by atoms with E-state index in [1.807, 2.05) is 36.4 Å². The first-order chi connectivity index (χ1) is 17.5. The van der Waals surface area contributed by atoms with E-state index in [1.54, 1.807) is 25.1 Å². The Hall–Kier alpha value is -4.13. The molecule has 0 unspecified atom stereocenters. The van der Waals surface area contributed by atoms with Crippen molar-refractivity contribution in [3.05, 3.63) is 71.3 Å². The molecule has 1 saturated heterocycles. The van der Waals surface area contributed by atoms with Gasteiger partial charge >= 0.3 is 5.97 Å². The molecule has 1 atom stereocenters. The van der Waals surface area contributed by atoms with Crippen LogP contribution in [0.5, 0.6) is 0 Å². The highest BCUT2D eigenvalue weighted by molar-refractivity contribution is 6.28. The molecule has 1 aromatic heterocycles. The summed E-state index contributed by atoms with van der Waals surface area (Å²) in [6.07, 6.45) is 2.29. The van der Waals surface area contributed by atoms with Gasteiger partial charge in [0.2, 0.25) is 0 Å². The van der Waals surface area contributed by atoms with E-state index < -0.39 is 0 Å². The lowest BCUT2D eigenvalue weighted by atomic mass is 9.86. The molecule has 2 aliphatic rings. The molecule has 1 aliphatic carbocycles. The van der Waals surface area contributed by atoms with Crippen LogP contribution in [0.25, 0.3) is 22.2 Å². The molecule has 4 aromatic rings. The number of benzene rings is 3. The summed E-state index contributed by atoms with van der Waals surface area (Å²) < 4.78 is 11.1. The van der Waals surface area contributed by atoms with E-state index in [4.69, 9.17) is 9.26 Å². The van der Waals surface area contributed by atoms with Crippen LogP contribution >= 0.6 is 0 Å². The van der Waals surface area contributed by atoms with Crippen LogP contribution in [0.3, 0.4) is 0 Å². The maximum Gasteiger partial charge on any atom is 0.338 e. The minimum atomic E-state index is -0.382. The van der Waals surface area contributed by atoms with Crippen molar-refractivity contribution in [2.75, 3.05) is 29.9 Å². The van der Waals surface area contributed by atoms with E-state index in [9.17, 15) is 9.59 Å². The number of hydrogen-bond donors (Lipinski definition) is 1. The Morgan fingerprint density at radius 2 is 2.00 bits per heavy atom. The van der Waals surface area contributed by atoms with Gasteiger partial charge in [-0.1, -0.05) is 42.4 Å². The van der Waals surface area contributed by atoms with Gasteiger partial charge in [-0.2, -0.15) is 0 Å². The van der Waals surface area contributed by atoms with Crippen LogP contribution < -0.4 is 10.2 Å². The normalized spacial score (nSPS) is 16.7. The molecule has 7 heteroatoms. The van der Waals surface area contributed by atoms with Crippen LogP contribution in [-0.2, 0) is 4.74 Å². The zero-order valence-corrected chi connectivity index (χ0v) is 20.3. The van der Waals surface area contributed by atoms with Crippen molar-refractivity contribution in [2.24, 2.45) is 5.92 Å². The van der Waals surface area contributed by atoms with Gasteiger partial charge in [-0.25, -0.2) is 4.79 Å². The van der Waals surface area contributed by atoms with Crippen molar-refractivity contribution in [3.63, 3.8) is 0 Å². The topological polar surface area (TPSA) is 84.7 Å². The molecule has 1 N–H and O–H groups in total. The molecule has 2 heterocycles. The molecule has 7 nitrogen and oxygen atoms in total. The fraction of sp³-hybridized carbons (Fsp3) is 0.276. The molecule has 1 fully saturated rings. The number of rotatable bonds is 5. The predicted octanol–water partition coefficient (Wildman–Crippen LogP) is 6.20. The van der Waals surface area contributed by atoms with Crippen LogP contribution in [0.2, 0.25) is 0 Å². The Kier molecular flexibility index (Phi) is 5.48. The lowest BCUT2D eigenvalue weighted by Gasteiger charge is -2.33. The third-order valence-electron chi connectivity index (χ3n) is 7.03. The second-order valence-corrected chi connectivity index (χ2v) is 9.55. The van der Waals surface area contributed by atoms with E-state index in [-0.39, 0.29) is 11.8 Å². The van der Waals surface area contributed by atoms with E-state index in [1.165, 1.54) is 6.42 Å². The zero-order valence-electron chi connectivity index (χ0n) is 20.3. The summed E-state index contributed by atoms with van der Waals surface area (Å²) in [4.78, 5) is 28.5. The number of ketones is 1. The molecule has 0 amide bonds. The molecule has 0 spiro atoms. The number of carbonyl (C=O) groups is 2. The number of nitrogens with zero attached hydrogens (tertiary/aromatic N) is 2. The zero-order chi connectivity index (χ0) is 24.8. The minimum absolute atomic E-state index is 0.0751. The molecule has 1 aliphatic heterocycles. The van der Waals surface area contributed by atoms with Gasteiger partial charge in [0.15, 0.2) is 11.5 Å². The van der Waals surface area contributed by atoms with Crippen molar-refractivity contribution in [1.29, 1.82) is 0 Å². The standard InChI is InChI=1S/C29H27N3O4/c1-3-35-29(34)18-9-6-10-19(14-18)30-22-15-23(32-13-7-8-17(2)16-32)26-25-24(22)27(33)20-11-4-5-12-21(20)28(25)36-31-26/h4-6,9-12,14-15,17,30H,3,7-8,13,16H2,1-2H3/t17-/m0/s1. The Labute approximate surface area is 209 Å². The number of piperidine rings is 1. The first kappa shape index (κ1) is 22.3. The van der Waals surface area contributed by atoms with Gasteiger partial charge in [-0.15, -0.1) is 0 Å². The molecule has 0 radical (unpaired) electrons. The molecule has 3 aromatic carbocycles. The van der Waals surface area contributed by atoms with Gasteiger partial charge in [0.05, 0.1) is 34.5 Å². The number of hydrogen-bond acceptors (Lipinski definition) is 7. The van der Waals surface area contributed by atoms with Gasteiger partial charge < -0.3 is 19.5 Å². The van der Waals surface area contributed by atoms with Crippen LogP contribution in [0.1, 0.15) is 53.0 Å². The summed E-state index contributed by atoms with van der Waals surface area (Å²) in [6.45, 7) is 6.18. The summed E-state index contributed by atoms with van der Waals surface area (Å²) in [7, 11) is 0. The second-order valence-electron chi connectivity index (χ2n) is 9.55. The van der Waals surface area contributed by atoms with E-state index in [0.29, 0.717) is 51.9 Å². The lowest BCUT2D eigenvalue weighted by molar-refractivity contribution is 0.0526. The first-order valence-corrected chi connectivity index (χ1v) is 12.4. The number of fused-ring (bicyclic) bond motifs is 2. The summed E-state index contributed by atoms with van der Waals surface area (Å²) in [5, 5.41) is 8.64. The van der Waals surface area contributed by atoms with Gasteiger partial charge in [0, 0.05) is 29.9 Å². The number of carbonyl (C=O) groups excluding carboxylic acids is 2. The first-order valence-electron chi connectivity index (χ1n) is 12.4. The second kappa shape index (κ2) is 8.82. The Morgan fingerprint density at radius 1 is 1.17 bits per heavy atom. The van der Waals surface area contributed by atoms with E-state index >= 15 is 0 Å². The molecular formula is C29H27N3O4. The van der Waals surface area contributed by atoms with Crippen molar-refractivity contribution in [3.8, 4) is 11.3 Å². The molecule has 182 valence electrons. The molecule has 36 heavy (non-hydrogen) atoms. The minimum Gasteiger partial charge on any atom is -0.462 e. The molecule has 6 rings (SSSR count). The monoisotopic (exact) mass is 481 g/mol. The van der Waals surface area contributed by atoms with Crippen LogP contribution in [-0.4, -0.2) is 36.6 Å². The predicted molar refractivity (Wildman–Crippen MR) is 139 cm³/mol. The van der Waals surface area contributed by atoms with E-state index in [2.05, 4.69) is 22.3 Å². The van der Waals surface area contributed by atoms with Crippen LogP contribution in [0, 0.1) is 5.92 Å². The number of esters is 1. The highest BCUT2D eigenvalue weighted by atomic mass is 16.5. The number of aromatic nitrogens is 1. The number of anilines is 3. The molecule has 0 bridgehead atoms. The SMILES string of the molecule is CCOC(=O)c1cccc(Nc2cc(N3CCC[C@H](C)C3)c3noc4c3c2C(=O)c2ccccc2-4)c1. The fourth-order valence-corrected chi connectivity index (χ4v) is 5.38. The van der Waals surface area contributed by atoms with Crippen molar-refractivity contribution >= 4 is 39.7 Å². The smallest absolute Gasteiger partial charge is 0.338 e. The van der Waals surface area contributed by atoms with Crippen molar-refractivity contribution < 1.29 is 18.8 Å². The third kappa shape index (κ3) is 3.63.